The smallest absolute Gasteiger partial charge is 0.119 e. The first-order chi connectivity index (χ1) is 8.81. The van der Waals surface area contributed by atoms with Gasteiger partial charge in [-0.05, 0) is 56.0 Å². The number of hydrogen-bond acceptors (Lipinski definition) is 3. The van der Waals surface area contributed by atoms with E-state index in [1.54, 1.807) is 0 Å². The maximum Gasteiger partial charge on any atom is 0.119 e. The topological polar surface area (TPSA) is 47.3 Å². The first-order valence-corrected chi connectivity index (χ1v) is 7.00. The molecule has 0 saturated carbocycles. The Hall–Kier alpha value is -1.06. The highest BCUT2D eigenvalue weighted by Gasteiger charge is 2.21. The Balaban J connectivity index is 1.95. The van der Waals surface area contributed by atoms with Crippen molar-refractivity contribution >= 4 is 0 Å². The molecule has 1 aromatic carbocycles. The predicted molar refractivity (Wildman–Crippen MR) is 74.8 cm³/mol. The van der Waals surface area contributed by atoms with Crippen LogP contribution in [0.5, 0.6) is 5.75 Å². The van der Waals surface area contributed by atoms with Crippen LogP contribution in [0.1, 0.15) is 37.8 Å². The zero-order valence-electron chi connectivity index (χ0n) is 11.2. The second-order valence-corrected chi connectivity index (χ2v) is 5.03. The van der Waals surface area contributed by atoms with Crippen molar-refractivity contribution < 1.29 is 4.74 Å². The summed E-state index contributed by atoms with van der Waals surface area (Å²) in [6.07, 6.45) is 3.39. The van der Waals surface area contributed by atoms with Gasteiger partial charge in [-0.2, -0.15) is 0 Å². The van der Waals surface area contributed by atoms with Crippen LogP contribution < -0.4 is 15.8 Å². The van der Waals surface area contributed by atoms with Gasteiger partial charge in [0.25, 0.3) is 0 Å². The Morgan fingerprint density at radius 2 is 1.94 bits per heavy atom. The van der Waals surface area contributed by atoms with Crippen LogP contribution in [0.3, 0.4) is 0 Å². The summed E-state index contributed by atoms with van der Waals surface area (Å²) >= 11 is 0. The van der Waals surface area contributed by atoms with Crippen LogP contribution in [-0.4, -0.2) is 19.7 Å². The van der Waals surface area contributed by atoms with Gasteiger partial charge in [0.2, 0.25) is 0 Å². The molecule has 18 heavy (non-hydrogen) atoms. The van der Waals surface area contributed by atoms with E-state index in [4.69, 9.17) is 10.5 Å². The number of piperidine rings is 1. The van der Waals surface area contributed by atoms with Crippen molar-refractivity contribution in [3.05, 3.63) is 29.8 Å². The molecule has 0 radical (unpaired) electrons. The van der Waals surface area contributed by atoms with Crippen molar-refractivity contribution in [2.45, 2.75) is 32.2 Å². The molecular formula is C15H24N2O. The lowest BCUT2D eigenvalue weighted by atomic mass is 9.86. The molecular weight excluding hydrogens is 224 g/mol. The monoisotopic (exact) mass is 248 g/mol. The van der Waals surface area contributed by atoms with E-state index < -0.39 is 0 Å². The van der Waals surface area contributed by atoms with Gasteiger partial charge >= 0.3 is 0 Å². The summed E-state index contributed by atoms with van der Waals surface area (Å²) in [5, 5.41) is 3.38. The maximum atomic E-state index is 6.35. The molecule has 100 valence electrons. The Labute approximate surface area is 110 Å². The van der Waals surface area contributed by atoms with Gasteiger partial charge in [-0.15, -0.1) is 0 Å². The molecule has 0 amide bonds. The molecule has 0 aromatic heterocycles. The van der Waals surface area contributed by atoms with Gasteiger partial charge < -0.3 is 15.8 Å². The molecule has 3 nitrogen and oxygen atoms in total. The highest BCUT2D eigenvalue weighted by atomic mass is 16.5. The SMILES string of the molecule is CCCOc1ccc(C(N)C2CCNCC2)cc1. The van der Waals surface area contributed by atoms with Gasteiger partial charge in [-0.1, -0.05) is 19.1 Å². The van der Waals surface area contributed by atoms with Gasteiger partial charge in [-0.25, -0.2) is 0 Å². The van der Waals surface area contributed by atoms with Crippen LogP contribution in [0.4, 0.5) is 0 Å². The fourth-order valence-corrected chi connectivity index (χ4v) is 2.48. The van der Waals surface area contributed by atoms with Crippen LogP contribution >= 0.6 is 0 Å². The predicted octanol–water partition coefficient (Wildman–Crippen LogP) is 2.47. The van der Waals surface area contributed by atoms with Gasteiger partial charge in [-0.3, -0.25) is 0 Å². The molecule has 1 unspecified atom stereocenters. The largest absolute Gasteiger partial charge is 0.494 e. The third-order valence-electron chi connectivity index (χ3n) is 3.63. The number of nitrogens with two attached hydrogens (primary N) is 1. The molecule has 3 N–H and O–H groups in total. The first-order valence-electron chi connectivity index (χ1n) is 7.00. The van der Waals surface area contributed by atoms with Crippen molar-refractivity contribution in [3.8, 4) is 5.75 Å². The Bertz CT molecular complexity index is 344. The van der Waals surface area contributed by atoms with Crippen LogP contribution in [0.2, 0.25) is 0 Å². The van der Waals surface area contributed by atoms with E-state index in [0.717, 1.165) is 31.9 Å². The lowest BCUT2D eigenvalue weighted by Crippen LogP contribution is -2.33. The summed E-state index contributed by atoms with van der Waals surface area (Å²) in [5.74, 6) is 1.55. The number of rotatable bonds is 5. The minimum absolute atomic E-state index is 0.160. The lowest BCUT2D eigenvalue weighted by Gasteiger charge is -2.28. The number of nitrogens with one attached hydrogen (secondary N) is 1. The van der Waals surface area contributed by atoms with Gasteiger partial charge in [0.1, 0.15) is 5.75 Å². The molecule has 0 bridgehead atoms. The van der Waals surface area contributed by atoms with E-state index in [0.29, 0.717) is 5.92 Å². The average molecular weight is 248 g/mol. The van der Waals surface area contributed by atoms with Crippen molar-refractivity contribution in [1.29, 1.82) is 0 Å². The fourth-order valence-electron chi connectivity index (χ4n) is 2.48. The molecule has 0 spiro atoms. The number of hydrogen-bond donors (Lipinski definition) is 2. The molecule has 2 rings (SSSR count). The highest BCUT2D eigenvalue weighted by molar-refractivity contribution is 5.29. The minimum Gasteiger partial charge on any atom is -0.494 e. The normalized spacial score (nSPS) is 18.6. The third-order valence-corrected chi connectivity index (χ3v) is 3.63. The third kappa shape index (κ3) is 3.47. The van der Waals surface area contributed by atoms with Crippen molar-refractivity contribution in [2.24, 2.45) is 11.7 Å². The van der Waals surface area contributed by atoms with E-state index in [1.807, 2.05) is 12.1 Å². The maximum absolute atomic E-state index is 6.35. The highest BCUT2D eigenvalue weighted by Crippen LogP contribution is 2.27. The summed E-state index contributed by atoms with van der Waals surface area (Å²) in [6.45, 7) is 5.08. The van der Waals surface area contributed by atoms with Crippen LogP contribution in [0.15, 0.2) is 24.3 Å². The fraction of sp³-hybridized carbons (Fsp3) is 0.600. The minimum atomic E-state index is 0.160. The number of benzene rings is 1. The Kier molecular flexibility index (Phi) is 5.02. The standard InChI is InChI=1S/C15H24N2O/c1-2-11-18-14-5-3-12(4-6-14)15(16)13-7-9-17-10-8-13/h3-6,13,15,17H,2,7-11,16H2,1H3. The summed E-state index contributed by atoms with van der Waals surface area (Å²) in [4.78, 5) is 0. The number of ether oxygens (including phenoxy) is 1. The quantitative estimate of drug-likeness (QED) is 0.841. The Morgan fingerprint density at radius 1 is 1.28 bits per heavy atom. The van der Waals surface area contributed by atoms with Crippen LogP contribution in [-0.2, 0) is 0 Å². The molecule has 1 fully saturated rings. The molecule has 1 atom stereocenters. The Morgan fingerprint density at radius 3 is 2.56 bits per heavy atom. The molecule has 1 aromatic rings. The molecule has 1 aliphatic rings. The second-order valence-electron chi connectivity index (χ2n) is 5.03. The van der Waals surface area contributed by atoms with E-state index in [-0.39, 0.29) is 6.04 Å². The molecule has 1 aliphatic heterocycles. The van der Waals surface area contributed by atoms with Crippen molar-refractivity contribution in [2.75, 3.05) is 19.7 Å². The lowest BCUT2D eigenvalue weighted by molar-refractivity contribution is 0.314. The van der Waals surface area contributed by atoms with Crippen LogP contribution in [0.25, 0.3) is 0 Å². The molecule has 1 heterocycles. The van der Waals surface area contributed by atoms with Gasteiger partial charge in [0.05, 0.1) is 6.61 Å². The second kappa shape index (κ2) is 6.76. The van der Waals surface area contributed by atoms with E-state index in [2.05, 4.69) is 24.4 Å². The zero-order valence-corrected chi connectivity index (χ0v) is 11.2. The van der Waals surface area contributed by atoms with Gasteiger partial charge in [0, 0.05) is 6.04 Å². The van der Waals surface area contributed by atoms with E-state index in [9.17, 15) is 0 Å². The first kappa shape index (κ1) is 13.4. The molecule has 3 heteroatoms. The summed E-state index contributed by atoms with van der Waals surface area (Å²) in [7, 11) is 0. The van der Waals surface area contributed by atoms with E-state index >= 15 is 0 Å². The van der Waals surface area contributed by atoms with Crippen LogP contribution in [0, 0.1) is 5.92 Å². The van der Waals surface area contributed by atoms with E-state index in [1.165, 1.54) is 18.4 Å². The molecule has 0 aliphatic carbocycles. The van der Waals surface area contributed by atoms with Crippen molar-refractivity contribution in [1.82, 2.24) is 5.32 Å². The van der Waals surface area contributed by atoms with Crippen molar-refractivity contribution in [3.63, 3.8) is 0 Å². The van der Waals surface area contributed by atoms with Gasteiger partial charge in [0.15, 0.2) is 0 Å². The summed E-state index contributed by atoms with van der Waals surface area (Å²) in [6, 6.07) is 8.44. The molecule has 1 saturated heterocycles. The summed E-state index contributed by atoms with van der Waals surface area (Å²) < 4.78 is 5.58. The average Bonchev–Trinajstić information content (AvgIpc) is 2.46. The summed E-state index contributed by atoms with van der Waals surface area (Å²) in [5.41, 5.74) is 7.58. The zero-order chi connectivity index (χ0) is 12.8.